The molecule has 4 nitrogen and oxygen atoms in total. The fourth-order valence-corrected chi connectivity index (χ4v) is 1.73. The molecule has 78 valence electrons. The van der Waals surface area contributed by atoms with Crippen molar-refractivity contribution in [2.24, 2.45) is 0 Å². The van der Waals surface area contributed by atoms with Crippen LogP contribution >= 0.6 is 0 Å². The van der Waals surface area contributed by atoms with E-state index in [0.29, 0.717) is 5.56 Å². The largest absolute Gasteiger partial charge is 0.465 e. The molecule has 0 aliphatic carbocycles. The minimum atomic E-state index is -0.317. The molecular weight excluding hydrogens is 192 g/mol. The summed E-state index contributed by atoms with van der Waals surface area (Å²) in [4.78, 5) is 15.7. The summed E-state index contributed by atoms with van der Waals surface area (Å²) in [6.45, 7) is 3.84. The van der Waals surface area contributed by atoms with Crippen molar-refractivity contribution >= 4 is 11.6 Å². The number of aromatic nitrogens is 2. The summed E-state index contributed by atoms with van der Waals surface area (Å²) in [7, 11) is 1.38. The van der Waals surface area contributed by atoms with E-state index in [0.717, 1.165) is 17.0 Å². The van der Waals surface area contributed by atoms with Gasteiger partial charge in [0.25, 0.3) is 0 Å². The number of aryl methyl sites for hydroxylation is 2. The van der Waals surface area contributed by atoms with E-state index < -0.39 is 0 Å². The molecule has 0 N–H and O–H groups in total. The molecule has 0 atom stereocenters. The lowest BCUT2D eigenvalue weighted by Crippen LogP contribution is -2.07. The Bertz CT molecular complexity index is 529. The second-order valence-corrected chi connectivity index (χ2v) is 3.42. The monoisotopic (exact) mass is 204 g/mol. The number of hydrogen-bond donors (Lipinski definition) is 0. The van der Waals surface area contributed by atoms with Crippen LogP contribution in [0.5, 0.6) is 0 Å². The first-order chi connectivity index (χ1) is 7.15. The van der Waals surface area contributed by atoms with Crippen molar-refractivity contribution in [2.75, 3.05) is 7.11 Å². The number of rotatable bonds is 1. The zero-order valence-corrected chi connectivity index (χ0v) is 8.94. The van der Waals surface area contributed by atoms with Gasteiger partial charge in [-0.2, -0.15) is 0 Å². The van der Waals surface area contributed by atoms with E-state index in [1.807, 2.05) is 24.3 Å². The average Bonchev–Trinajstić information content (AvgIpc) is 2.61. The molecule has 0 saturated carbocycles. The minimum Gasteiger partial charge on any atom is -0.465 e. The molecule has 2 aromatic rings. The molecule has 0 spiro atoms. The van der Waals surface area contributed by atoms with Crippen molar-refractivity contribution in [1.29, 1.82) is 0 Å². The highest BCUT2D eigenvalue weighted by molar-refractivity contribution is 5.90. The third kappa shape index (κ3) is 1.38. The van der Waals surface area contributed by atoms with Gasteiger partial charge in [0.05, 0.1) is 12.7 Å². The molecule has 0 amide bonds. The molecule has 0 saturated heterocycles. The number of carbonyl (C=O) groups is 1. The second kappa shape index (κ2) is 3.38. The minimum absolute atomic E-state index is 0.317. The van der Waals surface area contributed by atoms with Gasteiger partial charge in [0.2, 0.25) is 0 Å². The molecule has 15 heavy (non-hydrogen) atoms. The molecule has 2 aromatic heterocycles. The molecule has 0 aromatic carbocycles. The molecule has 0 aliphatic heterocycles. The lowest BCUT2D eigenvalue weighted by Gasteiger charge is -2.07. The van der Waals surface area contributed by atoms with Gasteiger partial charge in [-0.05, 0) is 26.0 Å². The lowest BCUT2D eigenvalue weighted by atomic mass is 10.2. The molecule has 2 heterocycles. The molecule has 2 rings (SSSR count). The summed E-state index contributed by atoms with van der Waals surface area (Å²) in [6.07, 6.45) is 1.78. The van der Waals surface area contributed by atoms with E-state index in [1.54, 1.807) is 12.3 Å². The average molecular weight is 204 g/mol. The Balaban J connectivity index is 2.74. The van der Waals surface area contributed by atoms with Crippen LogP contribution in [-0.4, -0.2) is 22.5 Å². The van der Waals surface area contributed by atoms with Crippen LogP contribution in [0.15, 0.2) is 18.3 Å². The van der Waals surface area contributed by atoms with Crippen molar-refractivity contribution in [3.05, 3.63) is 35.3 Å². The van der Waals surface area contributed by atoms with Crippen LogP contribution in [0, 0.1) is 13.8 Å². The van der Waals surface area contributed by atoms with Crippen LogP contribution in [0.1, 0.15) is 21.7 Å². The van der Waals surface area contributed by atoms with E-state index in [-0.39, 0.29) is 5.97 Å². The number of pyridine rings is 1. The quantitative estimate of drug-likeness (QED) is 0.664. The smallest absolute Gasteiger partial charge is 0.339 e. The predicted molar refractivity (Wildman–Crippen MR) is 56.0 cm³/mol. The van der Waals surface area contributed by atoms with Crippen molar-refractivity contribution in [2.45, 2.75) is 13.8 Å². The first-order valence-electron chi connectivity index (χ1n) is 4.67. The standard InChI is InChI=1S/C11H12N2O2/c1-7-6-12-10-5-4-9(11(14)15-3)8(2)13(7)10/h4-6H,1-3H3. The van der Waals surface area contributed by atoms with Gasteiger partial charge in [-0.3, -0.25) is 0 Å². The maximum atomic E-state index is 11.5. The second-order valence-electron chi connectivity index (χ2n) is 3.42. The van der Waals surface area contributed by atoms with Crippen LogP contribution in [0.25, 0.3) is 5.65 Å². The highest BCUT2D eigenvalue weighted by Gasteiger charge is 2.12. The molecule has 0 radical (unpaired) electrons. The van der Waals surface area contributed by atoms with Gasteiger partial charge in [-0.1, -0.05) is 0 Å². The van der Waals surface area contributed by atoms with Gasteiger partial charge in [-0.15, -0.1) is 0 Å². The Morgan fingerprint density at radius 3 is 2.80 bits per heavy atom. The number of carbonyl (C=O) groups excluding carboxylic acids is 1. The molecule has 0 unspecified atom stereocenters. The van der Waals surface area contributed by atoms with Gasteiger partial charge in [0.1, 0.15) is 5.65 Å². The van der Waals surface area contributed by atoms with E-state index in [1.165, 1.54) is 7.11 Å². The summed E-state index contributed by atoms with van der Waals surface area (Å²) < 4.78 is 6.65. The summed E-state index contributed by atoms with van der Waals surface area (Å²) >= 11 is 0. The molecule has 4 heteroatoms. The number of ether oxygens (including phenoxy) is 1. The number of esters is 1. The summed E-state index contributed by atoms with van der Waals surface area (Å²) in [5, 5.41) is 0. The third-order valence-corrected chi connectivity index (χ3v) is 2.50. The maximum absolute atomic E-state index is 11.5. The Hall–Kier alpha value is -1.84. The highest BCUT2D eigenvalue weighted by Crippen LogP contribution is 2.14. The Kier molecular flexibility index (Phi) is 2.19. The number of hydrogen-bond acceptors (Lipinski definition) is 3. The van der Waals surface area contributed by atoms with Crippen LogP contribution in [-0.2, 0) is 4.74 Å². The topological polar surface area (TPSA) is 43.6 Å². The SMILES string of the molecule is COC(=O)c1ccc2ncc(C)n2c1C. The maximum Gasteiger partial charge on any atom is 0.339 e. The zero-order valence-electron chi connectivity index (χ0n) is 8.94. The van der Waals surface area contributed by atoms with E-state index >= 15 is 0 Å². The van der Waals surface area contributed by atoms with Gasteiger partial charge in [0, 0.05) is 17.6 Å². The molecule has 0 bridgehead atoms. The van der Waals surface area contributed by atoms with E-state index in [2.05, 4.69) is 4.98 Å². The van der Waals surface area contributed by atoms with Gasteiger partial charge < -0.3 is 9.14 Å². The van der Waals surface area contributed by atoms with Crippen LogP contribution in [0.4, 0.5) is 0 Å². The fourth-order valence-electron chi connectivity index (χ4n) is 1.73. The van der Waals surface area contributed by atoms with Gasteiger partial charge >= 0.3 is 5.97 Å². The lowest BCUT2D eigenvalue weighted by molar-refractivity contribution is 0.0599. The predicted octanol–water partition coefficient (Wildman–Crippen LogP) is 1.74. The third-order valence-electron chi connectivity index (χ3n) is 2.50. The Morgan fingerprint density at radius 1 is 1.40 bits per heavy atom. The Labute approximate surface area is 87.5 Å². The van der Waals surface area contributed by atoms with Crippen LogP contribution < -0.4 is 0 Å². The molecule has 0 aliphatic rings. The number of nitrogens with zero attached hydrogens (tertiary/aromatic N) is 2. The summed E-state index contributed by atoms with van der Waals surface area (Å²) in [5.41, 5.74) is 3.28. The Morgan fingerprint density at radius 2 is 2.13 bits per heavy atom. The number of imidazole rings is 1. The zero-order chi connectivity index (χ0) is 11.0. The highest BCUT2D eigenvalue weighted by atomic mass is 16.5. The van der Waals surface area contributed by atoms with Gasteiger partial charge in [-0.25, -0.2) is 9.78 Å². The van der Waals surface area contributed by atoms with E-state index in [4.69, 9.17) is 4.74 Å². The first-order valence-corrected chi connectivity index (χ1v) is 4.67. The normalized spacial score (nSPS) is 10.6. The summed E-state index contributed by atoms with van der Waals surface area (Å²) in [5.74, 6) is -0.317. The van der Waals surface area contributed by atoms with Crippen molar-refractivity contribution in [3.63, 3.8) is 0 Å². The number of fused-ring (bicyclic) bond motifs is 1. The van der Waals surface area contributed by atoms with Gasteiger partial charge in [0.15, 0.2) is 0 Å². The van der Waals surface area contributed by atoms with Crippen LogP contribution in [0.3, 0.4) is 0 Å². The van der Waals surface area contributed by atoms with E-state index in [9.17, 15) is 4.79 Å². The first kappa shape index (κ1) is 9.71. The fraction of sp³-hybridized carbons (Fsp3) is 0.273. The number of methoxy groups -OCH3 is 1. The van der Waals surface area contributed by atoms with Crippen molar-refractivity contribution in [3.8, 4) is 0 Å². The van der Waals surface area contributed by atoms with Crippen LogP contribution in [0.2, 0.25) is 0 Å². The van der Waals surface area contributed by atoms with Crippen molar-refractivity contribution < 1.29 is 9.53 Å². The summed E-state index contributed by atoms with van der Waals surface area (Å²) in [6, 6.07) is 3.55. The molecule has 0 fully saturated rings. The molecular formula is C11H12N2O2. The van der Waals surface area contributed by atoms with Crippen molar-refractivity contribution in [1.82, 2.24) is 9.38 Å².